The molecule has 0 radical (unpaired) electrons. The molecule has 2 unspecified atom stereocenters. The Morgan fingerprint density at radius 1 is 1.44 bits per heavy atom. The number of para-hydroxylation sites is 1. The van der Waals surface area contributed by atoms with E-state index in [1.165, 1.54) is 0 Å². The molecule has 0 amide bonds. The topological polar surface area (TPSA) is 52.3 Å². The standard InChI is InChI=1S/C12H19NO2S/c1-3-6-10(13)9-16(14)12-8-5-4-7-11(12)15-2/h4-5,7-8,10H,3,6,9,13H2,1-2H3. The third kappa shape index (κ3) is 3.61. The maximum absolute atomic E-state index is 12.1. The van der Waals surface area contributed by atoms with Gasteiger partial charge in [0, 0.05) is 11.8 Å². The van der Waals surface area contributed by atoms with Crippen molar-refractivity contribution in [1.82, 2.24) is 0 Å². The quantitative estimate of drug-likeness (QED) is 0.828. The lowest BCUT2D eigenvalue weighted by atomic mass is 10.2. The summed E-state index contributed by atoms with van der Waals surface area (Å²) in [7, 11) is 0.509. The van der Waals surface area contributed by atoms with Crippen LogP contribution in [-0.2, 0) is 10.8 Å². The molecule has 0 aliphatic heterocycles. The van der Waals surface area contributed by atoms with Gasteiger partial charge >= 0.3 is 0 Å². The molecule has 1 aromatic rings. The van der Waals surface area contributed by atoms with Gasteiger partial charge in [0.25, 0.3) is 0 Å². The van der Waals surface area contributed by atoms with Crippen molar-refractivity contribution in [2.45, 2.75) is 30.7 Å². The minimum Gasteiger partial charge on any atom is -0.495 e. The zero-order valence-electron chi connectivity index (χ0n) is 9.81. The highest BCUT2D eigenvalue weighted by molar-refractivity contribution is 7.85. The molecule has 0 bridgehead atoms. The van der Waals surface area contributed by atoms with Crippen LogP contribution < -0.4 is 10.5 Å². The summed E-state index contributed by atoms with van der Waals surface area (Å²) in [6.45, 7) is 2.08. The van der Waals surface area contributed by atoms with Crippen molar-refractivity contribution in [2.24, 2.45) is 5.73 Å². The molecule has 0 aliphatic rings. The SMILES string of the molecule is CCCC(N)CS(=O)c1ccccc1OC. The van der Waals surface area contributed by atoms with E-state index in [0.29, 0.717) is 11.5 Å². The van der Waals surface area contributed by atoms with Crippen LogP contribution in [0.2, 0.25) is 0 Å². The molecule has 16 heavy (non-hydrogen) atoms. The van der Waals surface area contributed by atoms with E-state index in [2.05, 4.69) is 6.92 Å². The lowest BCUT2D eigenvalue weighted by Crippen LogP contribution is -2.26. The van der Waals surface area contributed by atoms with Crippen LogP contribution in [0.1, 0.15) is 19.8 Å². The highest BCUT2D eigenvalue weighted by atomic mass is 32.2. The Kier molecular flexibility index (Phi) is 5.49. The Labute approximate surface area is 99.4 Å². The zero-order valence-corrected chi connectivity index (χ0v) is 10.6. The number of nitrogens with two attached hydrogens (primary N) is 1. The largest absolute Gasteiger partial charge is 0.495 e. The van der Waals surface area contributed by atoms with Crippen LogP contribution in [-0.4, -0.2) is 23.1 Å². The summed E-state index contributed by atoms with van der Waals surface area (Å²) < 4.78 is 17.2. The summed E-state index contributed by atoms with van der Waals surface area (Å²) in [5, 5.41) is 0. The van der Waals surface area contributed by atoms with Crippen molar-refractivity contribution in [1.29, 1.82) is 0 Å². The van der Waals surface area contributed by atoms with Gasteiger partial charge < -0.3 is 10.5 Å². The molecule has 0 aromatic heterocycles. The highest BCUT2D eigenvalue weighted by Gasteiger charge is 2.13. The molecule has 2 N–H and O–H groups in total. The van der Waals surface area contributed by atoms with Crippen molar-refractivity contribution < 1.29 is 8.95 Å². The summed E-state index contributed by atoms with van der Waals surface area (Å²) >= 11 is 0. The second-order valence-electron chi connectivity index (χ2n) is 3.71. The van der Waals surface area contributed by atoms with Gasteiger partial charge in [-0.2, -0.15) is 0 Å². The van der Waals surface area contributed by atoms with E-state index >= 15 is 0 Å². The molecule has 2 atom stereocenters. The van der Waals surface area contributed by atoms with Gasteiger partial charge in [0.05, 0.1) is 22.8 Å². The van der Waals surface area contributed by atoms with Gasteiger partial charge in [-0.1, -0.05) is 25.5 Å². The van der Waals surface area contributed by atoms with Gasteiger partial charge in [-0.3, -0.25) is 4.21 Å². The minimum absolute atomic E-state index is 0.00394. The minimum atomic E-state index is -1.08. The van der Waals surface area contributed by atoms with E-state index in [9.17, 15) is 4.21 Å². The average Bonchev–Trinajstić information content (AvgIpc) is 2.29. The third-order valence-electron chi connectivity index (χ3n) is 2.34. The molecule has 0 aliphatic carbocycles. The van der Waals surface area contributed by atoms with Crippen molar-refractivity contribution in [3.05, 3.63) is 24.3 Å². The van der Waals surface area contributed by atoms with Crippen LogP contribution >= 0.6 is 0 Å². The lowest BCUT2D eigenvalue weighted by Gasteiger charge is -2.12. The fourth-order valence-corrected chi connectivity index (χ4v) is 2.89. The Bertz CT molecular complexity index is 355. The smallest absolute Gasteiger partial charge is 0.134 e. The van der Waals surface area contributed by atoms with E-state index in [1.807, 2.05) is 24.3 Å². The molecule has 4 heteroatoms. The third-order valence-corrected chi connectivity index (χ3v) is 3.90. The first kappa shape index (κ1) is 13.2. The number of methoxy groups -OCH3 is 1. The fraction of sp³-hybridized carbons (Fsp3) is 0.500. The molecular weight excluding hydrogens is 222 g/mol. The molecule has 1 rings (SSSR count). The van der Waals surface area contributed by atoms with Crippen molar-refractivity contribution >= 4 is 10.8 Å². The molecule has 90 valence electrons. The summed E-state index contributed by atoms with van der Waals surface area (Å²) in [6.07, 6.45) is 1.92. The Morgan fingerprint density at radius 2 is 2.12 bits per heavy atom. The maximum Gasteiger partial charge on any atom is 0.134 e. The normalized spacial score (nSPS) is 14.4. The number of hydrogen-bond acceptors (Lipinski definition) is 3. The molecule has 0 heterocycles. The monoisotopic (exact) mass is 241 g/mol. The molecule has 3 nitrogen and oxygen atoms in total. The first-order valence-electron chi connectivity index (χ1n) is 5.46. The van der Waals surface area contributed by atoms with Gasteiger partial charge in [-0.25, -0.2) is 0 Å². The predicted molar refractivity (Wildman–Crippen MR) is 67.2 cm³/mol. The first-order chi connectivity index (χ1) is 7.69. The molecule has 0 fully saturated rings. The van der Waals surface area contributed by atoms with Crippen LogP contribution in [0.3, 0.4) is 0 Å². The zero-order chi connectivity index (χ0) is 12.0. The van der Waals surface area contributed by atoms with E-state index in [1.54, 1.807) is 7.11 Å². The summed E-state index contributed by atoms with van der Waals surface area (Å²) in [5.41, 5.74) is 5.88. The molecule has 0 spiro atoms. The Balaban J connectivity index is 2.72. The Hall–Kier alpha value is -0.870. The van der Waals surface area contributed by atoms with Gasteiger partial charge in [-0.05, 0) is 18.6 Å². The molecule has 0 saturated heterocycles. The number of benzene rings is 1. The van der Waals surface area contributed by atoms with Gasteiger partial charge in [-0.15, -0.1) is 0 Å². The summed E-state index contributed by atoms with van der Waals surface area (Å²) in [4.78, 5) is 0.733. The van der Waals surface area contributed by atoms with Crippen LogP contribution in [0.25, 0.3) is 0 Å². The predicted octanol–water partition coefficient (Wildman–Crippen LogP) is 1.93. The number of ether oxygens (including phenoxy) is 1. The number of rotatable bonds is 6. The van der Waals surface area contributed by atoms with Crippen molar-refractivity contribution in [3.8, 4) is 5.75 Å². The molecular formula is C12H19NO2S. The van der Waals surface area contributed by atoms with E-state index in [4.69, 9.17) is 10.5 Å². The molecule has 1 aromatic carbocycles. The van der Waals surface area contributed by atoms with Crippen LogP contribution in [0.15, 0.2) is 29.2 Å². The van der Waals surface area contributed by atoms with Crippen molar-refractivity contribution in [2.75, 3.05) is 12.9 Å². The van der Waals surface area contributed by atoms with Gasteiger partial charge in [0.2, 0.25) is 0 Å². The van der Waals surface area contributed by atoms with Gasteiger partial charge in [0.15, 0.2) is 0 Å². The Morgan fingerprint density at radius 3 is 2.75 bits per heavy atom. The van der Waals surface area contributed by atoms with Crippen LogP contribution in [0.4, 0.5) is 0 Å². The van der Waals surface area contributed by atoms with Crippen LogP contribution in [0.5, 0.6) is 5.75 Å². The average molecular weight is 241 g/mol. The molecule has 0 saturated carbocycles. The van der Waals surface area contributed by atoms with E-state index < -0.39 is 10.8 Å². The van der Waals surface area contributed by atoms with Gasteiger partial charge in [0.1, 0.15) is 5.75 Å². The second-order valence-corrected chi connectivity index (χ2v) is 5.18. The maximum atomic E-state index is 12.1. The number of hydrogen-bond donors (Lipinski definition) is 1. The summed E-state index contributed by atoms with van der Waals surface area (Å²) in [5.74, 6) is 1.17. The summed E-state index contributed by atoms with van der Waals surface area (Å²) in [6, 6.07) is 7.37. The second kappa shape index (κ2) is 6.66. The highest BCUT2D eigenvalue weighted by Crippen LogP contribution is 2.21. The van der Waals surface area contributed by atoms with Crippen LogP contribution in [0, 0.1) is 0 Å². The lowest BCUT2D eigenvalue weighted by molar-refractivity contribution is 0.404. The van der Waals surface area contributed by atoms with Crippen molar-refractivity contribution in [3.63, 3.8) is 0 Å². The van der Waals surface area contributed by atoms with E-state index in [-0.39, 0.29) is 6.04 Å². The first-order valence-corrected chi connectivity index (χ1v) is 6.78. The fourth-order valence-electron chi connectivity index (χ4n) is 1.55. The van der Waals surface area contributed by atoms with E-state index in [0.717, 1.165) is 17.7 Å².